The van der Waals surface area contributed by atoms with Crippen LogP contribution < -0.4 is 5.32 Å². The summed E-state index contributed by atoms with van der Waals surface area (Å²) >= 11 is 5.63. The van der Waals surface area contributed by atoms with E-state index in [1.54, 1.807) is 0 Å². The van der Waals surface area contributed by atoms with Gasteiger partial charge in [-0.1, -0.05) is 6.92 Å². The van der Waals surface area contributed by atoms with Crippen LogP contribution >= 0.6 is 11.6 Å². The predicted molar refractivity (Wildman–Crippen MR) is 100 cm³/mol. The zero-order valence-corrected chi connectivity index (χ0v) is 16.5. The molecule has 2 heterocycles. The van der Waals surface area contributed by atoms with Gasteiger partial charge >= 0.3 is 0 Å². The Labute approximate surface area is 159 Å². The van der Waals surface area contributed by atoms with Crippen molar-refractivity contribution in [3.8, 4) is 0 Å². The molecule has 0 aromatic carbocycles. The Kier molecular flexibility index (Phi) is 5.80. The van der Waals surface area contributed by atoms with Crippen molar-refractivity contribution in [2.75, 3.05) is 19.0 Å². The number of nitrogens with zero attached hydrogens (tertiary/aromatic N) is 3. The molecule has 1 saturated heterocycles. The molecule has 0 unspecified atom stereocenters. The van der Waals surface area contributed by atoms with Gasteiger partial charge in [0.15, 0.2) is 0 Å². The summed E-state index contributed by atoms with van der Waals surface area (Å²) in [5.41, 5.74) is 2.68. The summed E-state index contributed by atoms with van der Waals surface area (Å²) in [6.45, 7) is 7.18. The second kappa shape index (κ2) is 7.91. The van der Waals surface area contributed by atoms with Gasteiger partial charge < -0.3 is 10.2 Å². The molecule has 0 radical (unpaired) electrons. The molecular formula is C19H27ClN4O2. The SMILES string of the molecule is CCc1nc(C)c(CC(=O)N2C[C@@H](NC(=O)CCl)[C@H](C3CC3)C2)c(C)n1. The van der Waals surface area contributed by atoms with Gasteiger partial charge in [-0.05, 0) is 32.6 Å². The summed E-state index contributed by atoms with van der Waals surface area (Å²) < 4.78 is 0. The molecule has 7 heteroatoms. The topological polar surface area (TPSA) is 75.2 Å². The fourth-order valence-corrected chi connectivity index (χ4v) is 4.00. The molecule has 1 N–H and O–H groups in total. The number of carbonyl (C=O) groups excluding carboxylic acids is 2. The Morgan fingerprint density at radius 2 is 1.85 bits per heavy atom. The molecule has 3 rings (SSSR count). The number of carbonyl (C=O) groups is 2. The van der Waals surface area contributed by atoms with Crippen molar-refractivity contribution in [1.29, 1.82) is 0 Å². The number of aryl methyl sites for hydroxylation is 3. The van der Waals surface area contributed by atoms with Crippen LogP contribution in [0.1, 0.15) is 42.5 Å². The quantitative estimate of drug-likeness (QED) is 0.766. The number of hydrogen-bond acceptors (Lipinski definition) is 4. The molecule has 1 aliphatic heterocycles. The Morgan fingerprint density at radius 1 is 1.19 bits per heavy atom. The third kappa shape index (κ3) is 4.17. The normalized spacial score (nSPS) is 22.5. The molecule has 2 amide bonds. The number of rotatable bonds is 6. The van der Waals surface area contributed by atoms with E-state index in [-0.39, 0.29) is 23.7 Å². The van der Waals surface area contributed by atoms with E-state index in [0.717, 1.165) is 29.2 Å². The summed E-state index contributed by atoms with van der Waals surface area (Å²) in [6.07, 6.45) is 3.47. The Morgan fingerprint density at radius 3 is 2.38 bits per heavy atom. The highest BCUT2D eigenvalue weighted by atomic mass is 35.5. The monoisotopic (exact) mass is 378 g/mol. The van der Waals surface area contributed by atoms with Crippen molar-refractivity contribution in [1.82, 2.24) is 20.2 Å². The molecule has 2 aliphatic rings. The van der Waals surface area contributed by atoms with Crippen LogP contribution in [-0.2, 0) is 22.4 Å². The van der Waals surface area contributed by atoms with E-state index in [2.05, 4.69) is 15.3 Å². The first-order valence-electron chi connectivity index (χ1n) is 9.39. The largest absolute Gasteiger partial charge is 0.350 e. The predicted octanol–water partition coefficient (Wildman–Crippen LogP) is 1.79. The van der Waals surface area contributed by atoms with Gasteiger partial charge in [0, 0.05) is 42.4 Å². The molecule has 1 aliphatic carbocycles. The van der Waals surface area contributed by atoms with E-state index in [1.807, 2.05) is 25.7 Å². The number of likely N-dealkylation sites (tertiary alicyclic amines) is 1. The lowest BCUT2D eigenvalue weighted by Crippen LogP contribution is -2.42. The van der Waals surface area contributed by atoms with Gasteiger partial charge in [0.25, 0.3) is 0 Å². The van der Waals surface area contributed by atoms with Crippen LogP contribution in [0.15, 0.2) is 0 Å². The summed E-state index contributed by atoms with van der Waals surface area (Å²) in [5.74, 6) is 1.65. The fourth-order valence-electron chi connectivity index (χ4n) is 3.92. The van der Waals surface area contributed by atoms with Crippen molar-refractivity contribution >= 4 is 23.4 Å². The average Bonchev–Trinajstić information content (AvgIpc) is 3.38. The smallest absolute Gasteiger partial charge is 0.235 e. The molecule has 1 saturated carbocycles. The molecular weight excluding hydrogens is 352 g/mol. The maximum absolute atomic E-state index is 12.9. The zero-order valence-electron chi connectivity index (χ0n) is 15.7. The molecule has 0 spiro atoms. The molecule has 0 bridgehead atoms. The zero-order chi connectivity index (χ0) is 18.8. The van der Waals surface area contributed by atoms with Gasteiger partial charge in [0.05, 0.1) is 12.5 Å². The van der Waals surface area contributed by atoms with E-state index < -0.39 is 0 Å². The van der Waals surface area contributed by atoms with Crippen LogP contribution in [0, 0.1) is 25.7 Å². The average molecular weight is 379 g/mol. The highest BCUT2D eigenvalue weighted by Gasteiger charge is 2.44. The van der Waals surface area contributed by atoms with Gasteiger partial charge in [0.2, 0.25) is 11.8 Å². The molecule has 1 aromatic rings. The fraction of sp³-hybridized carbons (Fsp3) is 0.684. The minimum atomic E-state index is -0.160. The van der Waals surface area contributed by atoms with Crippen LogP contribution in [0.2, 0.25) is 0 Å². The molecule has 2 fully saturated rings. The first-order valence-corrected chi connectivity index (χ1v) is 9.92. The van der Waals surface area contributed by atoms with Crippen molar-refractivity contribution in [2.45, 2.75) is 52.5 Å². The Bertz CT molecular complexity index is 682. The number of halogens is 1. The van der Waals surface area contributed by atoms with Crippen LogP contribution in [0.25, 0.3) is 0 Å². The third-order valence-electron chi connectivity index (χ3n) is 5.52. The number of aromatic nitrogens is 2. The summed E-state index contributed by atoms with van der Waals surface area (Å²) in [5, 5.41) is 3.00. The van der Waals surface area contributed by atoms with Crippen LogP contribution in [-0.4, -0.2) is 51.7 Å². The van der Waals surface area contributed by atoms with Gasteiger partial charge in [0.1, 0.15) is 11.7 Å². The minimum absolute atomic E-state index is 0.0126. The highest BCUT2D eigenvalue weighted by molar-refractivity contribution is 6.27. The molecule has 26 heavy (non-hydrogen) atoms. The first kappa shape index (κ1) is 19.1. The van der Waals surface area contributed by atoms with Crippen molar-refractivity contribution in [2.24, 2.45) is 11.8 Å². The molecule has 1 aromatic heterocycles. The van der Waals surface area contributed by atoms with E-state index in [0.29, 0.717) is 31.3 Å². The van der Waals surface area contributed by atoms with Crippen molar-refractivity contribution < 1.29 is 9.59 Å². The minimum Gasteiger partial charge on any atom is -0.350 e. The molecule has 6 nitrogen and oxygen atoms in total. The van der Waals surface area contributed by atoms with Gasteiger partial charge in [-0.3, -0.25) is 9.59 Å². The lowest BCUT2D eigenvalue weighted by Gasteiger charge is -2.18. The number of amides is 2. The number of hydrogen-bond donors (Lipinski definition) is 1. The lowest BCUT2D eigenvalue weighted by molar-refractivity contribution is -0.130. The summed E-state index contributed by atoms with van der Waals surface area (Å²) in [7, 11) is 0. The van der Waals surface area contributed by atoms with E-state index in [9.17, 15) is 9.59 Å². The van der Waals surface area contributed by atoms with Crippen molar-refractivity contribution in [3.63, 3.8) is 0 Å². The molecule has 2 atom stereocenters. The van der Waals surface area contributed by atoms with Crippen LogP contribution in [0.4, 0.5) is 0 Å². The lowest BCUT2D eigenvalue weighted by atomic mass is 9.98. The maximum Gasteiger partial charge on any atom is 0.235 e. The second-order valence-electron chi connectivity index (χ2n) is 7.43. The van der Waals surface area contributed by atoms with Gasteiger partial charge in [-0.2, -0.15) is 0 Å². The number of nitrogens with one attached hydrogen (secondary N) is 1. The van der Waals surface area contributed by atoms with E-state index in [4.69, 9.17) is 11.6 Å². The highest BCUT2D eigenvalue weighted by Crippen LogP contribution is 2.41. The maximum atomic E-state index is 12.9. The van der Waals surface area contributed by atoms with E-state index in [1.165, 1.54) is 12.8 Å². The standard InChI is InChI=1S/C19H27ClN4O2/c1-4-17-21-11(2)14(12(3)22-17)7-19(26)24-9-15(13-5-6-13)16(10-24)23-18(25)8-20/h13,15-16H,4-10H2,1-3H3,(H,23,25)/t15-,16+/m0/s1. The molecule has 142 valence electrons. The van der Waals surface area contributed by atoms with E-state index >= 15 is 0 Å². The Balaban J connectivity index is 1.69. The van der Waals surface area contributed by atoms with Gasteiger partial charge in [-0.15, -0.1) is 11.6 Å². The van der Waals surface area contributed by atoms with Gasteiger partial charge in [-0.25, -0.2) is 9.97 Å². The number of alkyl halides is 1. The summed E-state index contributed by atoms with van der Waals surface area (Å²) in [6, 6.07) is 0.0126. The third-order valence-corrected chi connectivity index (χ3v) is 5.77. The summed E-state index contributed by atoms with van der Waals surface area (Å²) in [4.78, 5) is 35.5. The van der Waals surface area contributed by atoms with Crippen LogP contribution in [0.3, 0.4) is 0 Å². The second-order valence-corrected chi connectivity index (χ2v) is 7.69. The van der Waals surface area contributed by atoms with Crippen LogP contribution in [0.5, 0.6) is 0 Å². The first-order chi connectivity index (χ1) is 12.4. The van der Waals surface area contributed by atoms with Crippen molar-refractivity contribution in [3.05, 3.63) is 22.8 Å². The Hall–Kier alpha value is -1.69.